The molecule has 2 fully saturated rings. The predicted molar refractivity (Wildman–Crippen MR) is 135 cm³/mol. The van der Waals surface area contributed by atoms with Crippen molar-refractivity contribution in [2.45, 2.75) is 44.4 Å². The zero-order valence-corrected chi connectivity index (χ0v) is 20.9. The monoisotopic (exact) mass is 537 g/mol. The number of hydrogen-bond donors (Lipinski definition) is 3. The number of aromatic carboxylic acids is 1. The molecule has 39 heavy (non-hydrogen) atoms. The molecule has 2 amide bonds. The van der Waals surface area contributed by atoms with E-state index < -0.39 is 48.5 Å². The van der Waals surface area contributed by atoms with E-state index in [1.165, 1.54) is 29.1 Å². The molecule has 0 spiro atoms. The number of anilines is 1. The second kappa shape index (κ2) is 11.7. The molecule has 13 heteroatoms. The van der Waals surface area contributed by atoms with Gasteiger partial charge in [0.05, 0.1) is 24.5 Å². The lowest BCUT2D eigenvalue weighted by Crippen LogP contribution is -2.35. The summed E-state index contributed by atoms with van der Waals surface area (Å²) in [6.45, 7) is 2.15. The number of rotatable bonds is 9. The Morgan fingerprint density at radius 1 is 1.08 bits per heavy atom. The lowest BCUT2D eigenvalue weighted by Gasteiger charge is -2.22. The van der Waals surface area contributed by atoms with Gasteiger partial charge in [-0.25, -0.2) is 14.4 Å². The summed E-state index contributed by atoms with van der Waals surface area (Å²) in [5.74, 6) is -1.01. The van der Waals surface area contributed by atoms with Crippen LogP contribution in [-0.2, 0) is 25.6 Å². The number of amides is 2. The molecule has 5 atom stereocenters. The lowest BCUT2D eigenvalue weighted by atomic mass is 10.1. The summed E-state index contributed by atoms with van der Waals surface area (Å²) in [6.07, 6.45) is -0.532. The van der Waals surface area contributed by atoms with Crippen molar-refractivity contribution in [3.05, 3.63) is 88.2 Å². The third-order valence-corrected chi connectivity index (χ3v) is 6.24. The van der Waals surface area contributed by atoms with Crippen LogP contribution in [-0.4, -0.2) is 63.1 Å². The molecule has 2 saturated heterocycles. The van der Waals surface area contributed by atoms with E-state index in [-0.39, 0.29) is 30.3 Å². The van der Waals surface area contributed by atoms with E-state index in [0.29, 0.717) is 6.54 Å². The number of nitrogens with one attached hydrogen (secondary N) is 2. The van der Waals surface area contributed by atoms with Crippen LogP contribution in [0.3, 0.4) is 0 Å². The molecule has 2 aliphatic rings. The van der Waals surface area contributed by atoms with Crippen molar-refractivity contribution >= 4 is 17.8 Å². The number of pyridine rings is 1. The third-order valence-electron chi connectivity index (χ3n) is 6.24. The van der Waals surface area contributed by atoms with Crippen LogP contribution in [0.4, 0.5) is 10.6 Å². The molecule has 0 saturated carbocycles. The number of aromatic nitrogens is 3. The van der Waals surface area contributed by atoms with Crippen LogP contribution >= 0.6 is 0 Å². The van der Waals surface area contributed by atoms with Gasteiger partial charge in [0.15, 0.2) is 12.5 Å². The Balaban J connectivity index is 1.34. The van der Waals surface area contributed by atoms with E-state index in [0.717, 1.165) is 5.56 Å². The first-order valence-electron chi connectivity index (χ1n) is 12.3. The van der Waals surface area contributed by atoms with Crippen molar-refractivity contribution in [3.8, 4) is 0 Å². The highest BCUT2D eigenvalue weighted by Gasteiger charge is 2.54. The van der Waals surface area contributed by atoms with Gasteiger partial charge in [-0.15, -0.1) is 0 Å². The summed E-state index contributed by atoms with van der Waals surface area (Å²) in [5, 5.41) is 14.5. The van der Waals surface area contributed by atoms with Gasteiger partial charge in [-0.2, -0.15) is 4.98 Å². The molecule has 5 rings (SSSR count). The predicted octanol–water partition coefficient (Wildman–Crippen LogP) is 2.07. The van der Waals surface area contributed by atoms with E-state index in [1.807, 2.05) is 30.3 Å². The van der Waals surface area contributed by atoms with Crippen molar-refractivity contribution in [1.29, 1.82) is 0 Å². The van der Waals surface area contributed by atoms with Gasteiger partial charge in [0.25, 0.3) is 0 Å². The largest absolute Gasteiger partial charge is 0.478 e. The average Bonchev–Trinajstić information content (AvgIpc) is 3.50. The van der Waals surface area contributed by atoms with Crippen LogP contribution in [0, 0.1) is 0 Å². The smallest absolute Gasteiger partial charge is 0.351 e. The van der Waals surface area contributed by atoms with Crippen LogP contribution in [0.2, 0.25) is 0 Å². The van der Waals surface area contributed by atoms with Gasteiger partial charge < -0.3 is 29.4 Å². The topological polar surface area (TPSA) is 163 Å². The first-order valence-corrected chi connectivity index (χ1v) is 12.3. The number of fused-ring (bicyclic) bond motifs is 1. The van der Waals surface area contributed by atoms with Gasteiger partial charge in [-0.05, 0) is 25.1 Å². The van der Waals surface area contributed by atoms with Crippen molar-refractivity contribution in [1.82, 2.24) is 19.9 Å². The minimum atomic E-state index is -1.10. The number of hydrogen-bond acceptors (Lipinski definition) is 9. The molecule has 2 unspecified atom stereocenters. The zero-order valence-electron chi connectivity index (χ0n) is 20.9. The second-order valence-corrected chi connectivity index (χ2v) is 8.81. The quantitative estimate of drug-likeness (QED) is 0.368. The number of carbonyl (C=O) groups excluding carboxylic acids is 1. The van der Waals surface area contributed by atoms with E-state index in [2.05, 4.69) is 20.6 Å². The molecule has 2 aliphatic heterocycles. The molecule has 3 aromatic rings. The Morgan fingerprint density at radius 3 is 2.62 bits per heavy atom. The fourth-order valence-electron chi connectivity index (χ4n) is 4.48. The van der Waals surface area contributed by atoms with E-state index in [1.54, 1.807) is 13.0 Å². The van der Waals surface area contributed by atoms with Crippen LogP contribution in [0.25, 0.3) is 0 Å². The van der Waals surface area contributed by atoms with Crippen molar-refractivity contribution in [3.63, 3.8) is 0 Å². The molecule has 13 nitrogen and oxygen atoms in total. The van der Waals surface area contributed by atoms with Crippen molar-refractivity contribution < 1.29 is 33.6 Å². The fraction of sp³-hybridized carbons (Fsp3) is 0.346. The van der Waals surface area contributed by atoms with Gasteiger partial charge in [-0.3, -0.25) is 14.9 Å². The first-order chi connectivity index (χ1) is 18.9. The molecular weight excluding hydrogens is 510 g/mol. The maximum atomic E-state index is 12.9. The summed E-state index contributed by atoms with van der Waals surface area (Å²) in [6, 6.07) is 13.4. The van der Waals surface area contributed by atoms with Crippen LogP contribution in [0.1, 0.15) is 41.1 Å². The van der Waals surface area contributed by atoms with Crippen molar-refractivity contribution in [2.75, 3.05) is 18.5 Å². The lowest BCUT2D eigenvalue weighted by molar-refractivity contribution is -0.159. The van der Waals surface area contributed by atoms with Gasteiger partial charge >= 0.3 is 17.7 Å². The van der Waals surface area contributed by atoms with Gasteiger partial charge in [0, 0.05) is 24.5 Å². The van der Waals surface area contributed by atoms with Gasteiger partial charge in [0.2, 0.25) is 0 Å². The highest BCUT2D eigenvalue weighted by molar-refractivity contribution is 5.88. The second-order valence-electron chi connectivity index (χ2n) is 8.81. The van der Waals surface area contributed by atoms with E-state index >= 15 is 0 Å². The molecule has 3 N–H and O–H groups in total. The summed E-state index contributed by atoms with van der Waals surface area (Å²) in [5.41, 5.74) is 0.472. The molecule has 2 aromatic heterocycles. The maximum Gasteiger partial charge on any atom is 0.351 e. The fourth-order valence-corrected chi connectivity index (χ4v) is 4.48. The standard InChI is InChI=1S/C26H27N5O8/c1-2-27-25(34)29-19-10-12-31(26(35)30-19)22-21-20(38-24(39-21)15-7-4-3-5-8-15)18(37-22)14-36-13-17-16(23(32)33)9-6-11-28-17/h3-12,18,20-22,24H,2,13-14H2,1H3,(H,32,33)(H2,27,29,30,34,35)/t18-,20?,21?,22-,24+/m1/s1. The minimum Gasteiger partial charge on any atom is -0.478 e. The number of benzene rings is 1. The Morgan fingerprint density at radius 2 is 1.87 bits per heavy atom. The van der Waals surface area contributed by atoms with Gasteiger partial charge in [-0.1, -0.05) is 30.3 Å². The van der Waals surface area contributed by atoms with Crippen LogP contribution < -0.4 is 16.3 Å². The molecule has 0 bridgehead atoms. The number of ether oxygens (including phenoxy) is 4. The summed E-state index contributed by atoms with van der Waals surface area (Å²) in [7, 11) is 0. The third kappa shape index (κ3) is 5.81. The van der Waals surface area contributed by atoms with Crippen LogP contribution in [0.15, 0.2) is 65.7 Å². The average molecular weight is 538 g/mol. The van der Waals surface area contributed by atoms with Crippen molar-refractivity contribution in [2.24, 2.45) is 0 Å². The number of urea groups is 1. The van der Waals surface area contributed by atoms with E-state index in [4.69, 9.17) is 18.9 Å². The highest BCUT2D eigenvalue weighted by atomic mass is 16.8. The SMILES string of the molecule is CCNC(=O)Nc1ccn([C@@H]2O[C@H](COCc3ncccc3C(=O)O)C3O[C@H](c4ccccc4)OC32)c(=O)n1. The number of carboxylic acid groups (broad SMARTS) is 1. The van der Waals surface area contributed by atoms with Crippen LogP contribution in [0.5, 0.6) is 0 Å². The van der Waals surface area contributed by atoms with E-state index in [9.17, 15) is 19.5 Å². The molecule has 1 aromatic carbocycles. The Hall–Kier alpha value is -4.17. The number of nitrogens with zero attached hydrogens (tertiary/aromatic N) is 3. The first kappa shape index (κ1) is 26.4. The molecule has 0 radical (unpaired) electrons. The summed E-state index contributed by atoms with van der Waals surface area (Å²) >= 11 is 0. The normalized spacial score (nSPS) is 23.8. The molecular formula is C26H27N5O8. The number of carboxylic acids is 1. The molecule has 204 valence electrons. The summed E-state index contributed by atoms with van der Waals surface area (Å²) in [4.78, 5) is 44.3. The highest BCUT2D eigenvalue weighted by Crippen LogP contribution is 2.43. The molecule has 4 heterocycles. The summed E-state index contributed by atoms with van der Waals surface area (Å²) < 4.78 is 25.7. The minimum absolute atomic E-state index is 0.0250. The zero-order chi connectivity index (χ0) is 27.4. The Bertz CT molecular complexity index is 1380. The Labute approximate surface area is 222 Å². The molecule has 0 aliphatic carbocycles. The van der Waals surface area contributed by atoms with Gasteiger partial charge in [0.1, 0.15) is 24.1 Å². The Kier molecular flexibility index (Phi) is 7.93. The number of carbonyl (C=O) groups is 2. The maximum absolute atomic E-state index is 12.9.